The minimum atomic E-state index is 0.704. The van der Waals surface area contributed by atoms with Gasteiger partial charge in [-0.25, -0.2) is 0 Å². The summed E-state index contributed by atoms with van der Waals surface area (Å²) in [5.41, 5.74) is 2.43. The minimum Gasteiger partial charge on any atom is -0.298 e. The molecule has 84 valence electrons. The molecule has 0 aromatic carbocycles. The molecular weight excluding hydrogens is 288 g/mol. The van der Waals surface area contributed by atoms with Crippen LogP contribution in [0.5, 0.6) is 0 Å². The topological polar surface area (TPSA) is 34.9 Å². The van der Waals surface area contributed by atoms with Gasteiger partial charge in [-0.05, 0) is 41.9 Å². The molecule has 0 aliphatic rings. The van der Waals surface area contributed by atoms with E-state index in [1.165, 1.54) is 4.88 Å². The van der Waals surface area contributed by atoms with Crippen molar-refractivity contribution in [1.29, 1.82) is 0 Å². The Kier molecular flexibility index (Phi) is 3.25. The molecule has 0 spiro atoms. The van der Waals surface area contributed by atoms with Gasteiger partial charge in [0.2, 0.25) is 0 Å². The Morgan fingerprint density at radius 1 is 1.50 bits per heavy atom. The normalized spacial score (nSPS) is 10.7. The van der Waals surface area contributed by atoms with E-state index < -0.39 is 0 Å². The van der Waals surface area contributed by atoms with Gasteiger partial charge in [-0.3, -0.25) is 9.48 Å². The summed E-state index contributed by atoms with van der Waals surface area (Å²) in [4.78, 5) is 12.1. The van der Waals surface area contributed by atoms with Crippen LogP contribution in [0.1, 0.15) is 26.6 Å². The van der Waals surface area contributed by atoms with Crippen LogP contribution in [0.3, 0.4) is 0 Å². The summed E-state index contributed by atoms with van der Waals surface area (Å²) in [6.45, 7) is 4.50. The van der Waals surface area contributed by atoms with Gasteiger partial charge in [0, 0.05) is 10.6 Å². The van der Waals surface area contributed by atoms with Gasteiger partial charge in [-0.2, -0.15) is 5.10 Å². The van der Waals surface area contributed by atoms with Crippen molar-refractivity contribution in [3.05, 3.63) is 37.7 Å². The van der Waals surface area contributed by atoms with Crippen LogP contribution in [0.15, 0.2) is 15.9 Å². The maximum absolute atomic E-state index is 10.9. The molecule has 0 saturated carbocycles. The van der Waals surface area contributed by atoms with Gasteiger partial charge in [0.1, 0.15) is 0 Å². The summed E-state index contributed by atoms with van der Waals surface area (Å²) >= 11 is 5.11. The minimum absolute atomic E-state index is 0.704. The standard InChI is InChI=1S/C11H11BrN2OS/c1-7-10(6-15)8(2)14(13-7)5-9-3-4-11(12)16-9/h3-4,6H,5H2,1-2H3. The number of nitrogens with zero attached hydrogens (tertiary/aromatic N) is 2. The molecular formula is C11H11BrN2OS. The first-order chi connectivity index (χ1) is 7.61. The van der Waals surface area contributed by atoms with E-state index in [0.717, 1.165) is 28.0 Å². The molecule has 0 radical (unpaired) electrons. The molecule has 2 heterocycles. The molecule has 5 heteroatoms. The molecule has 2 rings (SSSR count). The Labute approximate surface area is 106 Å². The molecule has 0 amide bonds. The second kappa shape index (κ2) is 4.51. The van der Waals surface area contributed by atoms with Crippen LogP contribution in [0, 0.1) is 13.8 Å². The van der Waals surface area contributed by atoms with E-state index in [4.69, 9.17) is 0 Å². The summed E-state index contributed by atoms with van der Waals surface area (Å²) in [6, 6.07) is 4.08. The van der Waals surface area contributed by atoms with Crippen molar-refractivity contribution in [2.24, 2.45) is 0 Å². The number of thiophene rings is 1. The average Bonchev–Trinajstić information content (AvgIpc) is 2.74. The summed E-state index contributed by atoms with van der Waals surface area (Å²) in [5, 5.41) is 4.36. The van der Waals surface area contributed by atoms with Crippen molar-refractivity contribution in [3.63, 3.8) is 0 Å². The van der Waals surface area contributed by atoms with E-state index in [1.807, 2.05) is 24.6 Å². The van der Waals surface area contributed by atoms with E-state index in [2.05, 4.69) is 27.1 Å². The van der Waals surface area contributed by atoms with E-state index in [0.29, 0.717) is 5.56 Å². The number of aryl methyl sites for hydroxylation is 1. The van der Waals surface area contributed by atoms with Crippen LogP contribution in [0.2, 0.25) is 0 Å². The van der Waals surface area contributed by atoms with Crippen molar-refractivity contribution in [1.82, 2.24) is 9.78 Å². The summed E-state index contributed by atoms with van der Waals surface area (Å²) in [5.74, 6) is 0. The van der Waals surface area contributed by atoms with Gasteiger partial charge in [0.05, 0.1) is 21.6 Å². The molecule has 16 heavy (non-hydrogen) atoms. The fraction of sp³-hybridized carbons (Fsp3) is 0.273. The third-order valence-corrected chi connectivity index (χ3v) is 4.10. The van der Waals surface area contributed by atoms with Gasteiger partial charge in [-0.15, -0.1) is 11.3 Å². The molecule has 0 aliphatic carbocycles. The average molecular weight is 299 g/mol. The zero-order valence-corrected chi connectivity index (χ0v) is 11.4. The third-order valence-electron chi connectivity index (χ3n) is 2.49. The van der Waals surface area contributed by atoms with Gasteiger partial charge in [0.15, 0.2) is 6.29 Å². The third kappa shape index (κ3) is 2.10. The fourth-order valence-corrected chi connectivity index (χ4v) is 3.08. The number of aldehydes is 1. The first-order valence-electron chi connectivity index (χ1n) is 4.85. The van der Waals surface area contributed by atoms with Crippen molar-refractivity contribution in [3.8, 4) is 0 Å². The quantitative estimate of drug-likeness (QED) is 0.816. The van der Waals surface area contributed by atoms with Crippen molar-refractivity contribution >= 4 is 33.6 Å². The predicted octanol–water partition coefficient (Wildman–Crippen LogP) is 3.18. The molecule has 0 fully saturated rings. The number of hydrogen-bond acceptors (Lipinski definition) is 3. The van der Waals surface area contributed by atoms with E-state index in [1.54, 1.807) is 11.3 Å². The Balaban J connectivity index is 2.31. The molecule has 0 aliphatic heterocycles. The Morgan fingerprint density at radius 2 is 2.25 bits per heavy atom. The Hall–Kier alpha value is -0.940. The van der Waals surface area contributed by atoms with Crippen molar-refractivity contribution in [2.45, 2.75) is 20.4 Å². The first-order valence-corrected chi connectivity index (χ1v) is 6.46. The van der Waals surface area contributed by atoms with Gasteiger partial charge < -0.3 is 0 Å². The predicted molar refractivity (Wildman–Crippen MR) is 68.2 cm³/mol. The molecule has 0 bridgehead atoms. The van der Waals surface area contributed by atoms with Gasteiger partial charge in [-0.1, -0.05) is 0 Å². The lowest BCUT2D eigenvalue weighted by Crippen LogP contribution is -2.02. The summed E-state index contributed by atoms with van der Waals surface area (Å²) < 4.78 is 2.98. The summed E-state index contributed by atoms with van der Waals surface area (Å²) in [6.07, 6.45) is 0.874. The second-order valence-corrected chi connectivity index (χ2v) is 6.11. The van der Waals surface area contributed by atoms with E-state index >= 15 is 0 Å². The Bertz CT molecular complexity index is 530. The van der Waals surface area contributed by atoms with Crippen molar-refractivity contribution < 1.29 is 4.79 Å². The molecule has 0 saturated heterocycles. The lowest BCUT2D eigenvalue weighted by molar-refractivity contribution is 0.112. The molecule has 2 aromatic heterocycles. The number of hydrogen-bond donors (Lipinski definition) is 0. The van der Waals surface area contributed by atoms with Gasteiger partial charge in [0.25, 0.3) is 0 Å². The number of halogens is 1. The van der Waals surface area contributed by atoms with Crippen LogP contribution in [0.4, 0.5) is 0 Å². The first kappa shape index (κ1) is 11.5. The molecule has 0 atom stereocenters. The zero-order chi connectivity index (χ0) is 11.7. The summed E-state index contributed by atoms with van der Waals surface area (Å²) in [7, 11) is 0. The highest BCUT2D eigenvalue weighted by atomic mass is 79.9. The van der Waals surface area contributed by atoms with Crippen LogP contribution in [-0.4, -0.2) is 16.1 Å². The zero-order valence-electron chi connectivity index (χ0n) is 9.03. The molecule has 3 nitrogen and oxygen atoms in total. The smallest absolute Gasteiger partial charge is 0.153 e. The lowest BCUT2D eigenvalue weighted by atomic mass is 10.2. The van der Waals surface area contributed by atoms with Crippen LogP contribution in [0.25, 0.3) is 0 Å². The van der Waals surface area contributed by atoms with Crippen molar-refractivity contribution in [2.75, 3.05) is 0 Å². The second-order valence-electron chi connectivity index (χ2n) is 3.57. The number of carbonyl (C=O) groups excluding carboxylic acids is 1. The van der Waals surface area contributed by atoms with Crippen LogP contribution >= 0.6 is 27.3 Å². The fourth-order valence-electron chi connectivity index (χ4n) is 1.62. The maximum Gasteiger partial charge on any atom is 0.153 e. The van der Waals surface area contributed by atoms with Crippen LogP contribution < -0.4 is 0 Å². The largest absolute Gasteiger partial charge is 0.298 e. The number of aromatic nitrogens is 2. The maximum atomic E-state index is 10.9. The lowest BCUT2D eigenvalue weighted by Gasteiger charge is -2.01. The molecule has 0 unspecified atom stereocenters. The highest BCUT2D eigenvalue weighted by Gasteiger charge is 2.11. The van der Waals surface area contributed by atoms with E-state index in [-0.39, 0.29) is 0 Å². The monoisotopic (exact) mass is 298 g/mol. The number of carbonyl (C=O) groups is 1. The number of rotatable bonds is 3. The molecule has 2 aromatic rings. The highest BCUT2D eigenvalue weighted by Crippen LogP contribution is 2.23. The Morgan fingerprint density at radius 3 is 2.75 bits per heavy atom. The highest BCUT2D eigenvalue weighted by molar-refractivity contribution is 9.11. The van der Waals surface area contributed by atoms with Gasteiger partial charge >= 0.3 is 0 Å². The SMILES string of the molecule is Cc1nn(Cc2ccc(Br)s2)c(C)c1C=O. The molecule has 0 N–H and O–H groups in total. The van der Waals surface area contributed by atoms with E-state index in [9.17, 15) is 4.79 Å². The van der Waals surface area contributed by atoms with Crippen LogP contribution in [-0.2, 0) is 6.54 Å².